The molecule has 0 spiro atoms. The molecule has 1 N–H and O–H groups in total. The number of hydrogen-bond donors (Lipinski definition) is 1. The van der Waals surface area contributed by atoms with E-state index < -0.39 is 0 Å². The van der Waals surface area contributed by atoms with E-state index in [1.165, 1.54) is 0 Å². The average molecular weight is 396 g/mol. The van der Waals surface area contributed by atoms with E-state index in [0.29, 0.717) is 49.4 Å². The molecule has 1 aromatic heterocycles. The molecule has 0 saturated carbocycles. The fourth-order valence-corrected chi connectivity index (χ4v) is 2.81. The van der Waals surface area contributed by atoms with Gasteiger partial charge in [-0.15, -0.1) is 0 Å². The largest absolute Gasteiger partial charge is 0.497 e. The monoisotopic (exact) mass is 396 g/mol. The minimum absolute atomic E-state index is 0.194. The summed E-state index contributed by atoms with van der Waals surface area (Å²) in [4.78, 5) is 12.3. The highest BCUT2D eigenvalue weighted by Gasteiger charge is 2.17. The summed E-state index contributed by atoms with van der Waals surface area (Å²) in [5, 5.41) is 6.60. The van der Waals surface area contributed by atoms with Crippen LogP contribution in [-0.4, -0.2) is 44.5 Å². The number of fused-ring (bicyclic) bond motifs is 1. The Hall–Kier alpha value is -3.68. The molecular formula is C21H20N2O6. The molecule has 8 heteroatoms. The summed E-state index contributed by atoms with van der Waals surface area (Å²) in [5.74, 6) is 2.92. The van der Waals surface area contributed by atoms with Crippen molar-refractivity contribution in [2.75, 3.05) is 33.5 Å². The lowest BCUT2D eigenvalue weighted by molar-refractivity contribution is 0.0938. The number of nitrogens with zero attached hydrogens (tertiary/aromatic N) is 1. The Balaban J connectivity index is 1.30. The maximum atomic E-state index is 12.3. The zero-order valence-electron chi connectivity index (χ0n) is 15.8. The molecule has 0 fully saturated rings. The summed E-state index contributed by atoms with van der Waals surface area (Å²) in [6.07, 6.45) is 0. The van der Waals surface area contributed by atoms with E-state index in [1.807, 2.05) is 24.3 Å². The number of rotatable bonds is 7. The number of methoxy groups -OCH3 is 1. The van der Waals surface area contributed by atoms with Gasteiger partial charge in [-0.1, -0.05) is 5.16 Å². The molecule has 1 amide bonds. The zero-order chi connectivity index (χ0) is 20.1. The van der Waals surface area contributed by atoms with Crippen LogP contribution in [0.25, 0.3) is 11.3 Å². The van der Waals surface area contributed by atoms with E-state index in [9.17, 15) is 4.79 Å². The van der Waals surface area contributed by atoms with Gasteiger partial charge in [-0.2, -0.15) is 0 Å². The second kappa shape index (κ2) is 8.55. The number of carbonyl (C=O) groups excluding carboxylic acids is 1. The predicted molar refractivity (Wildman–Crippen MR) is 104 cm³/mol. The number of carbonyl (C=O) groups is 1. The third-order valence-corrected chi connectivity index (χ3v) is 4.29. The Labute approximate surface area is 167 Å². The summed E-state index contributed by atoms with van der Waals surface area (Å²) < 4.78 is 27.1. The summed E-state index contributed by atoms with van der Waals surface area (Å²) in [6, 6.07) is 14.3. The Bertz CT molecular complexity index is 983. The van der Waals surface area contributed by atoms with Gasteiger partial charge in [0, 0.05) is 11.6 Å². The molecule has 0 bridgehead atoms. The number of hydrogen-bond acceptors (Lipinski definition) is 7. The summed E-state index contributed by atoms with van der Waals surface area (Å²) in [7, 11) is 1.61. The number of benzene rings is 2. The maximum Gasteiger partial charge on any atom is 0.273 e. The Kier molecular flexibility index (Phi) is 5.51. The SMILES string of the molecule is COc1ccc(OCCNC(=O)c2cc(-c3ccc4c(c3)OCCO4)on2)cc1. The lowest BCUT2D eigenvalue weighted by Gasteiger charge is -2.18. The van der Waals surface area contributed by atoms with Crippen LogP contribution in [0, 0.1) is 0 Å². The highest BCUT2D eigenvalue weighted by molar-refractivity contribution is 5.93. The van der Waals surface area contributed by atoms with Crippen molar-refractivity contribution in [3.63, 3.8) is 0 Å². The minimum Gasteiger partial charge on any atom is -0.497 e. The predicted octanol–water partition coefficient (Wildman–Crippen LogP) is 2.93. The van der Waals surface area contributed by atoms with Gasteiger partial charge in [0.1, 0.15) is 31.3 Å². The standard InChI is InChI=1S/C21H20N2O6/c1-25-15-3-5-16(6-4-15)26-9-8-22-21(24)17-13-19(29-23-17)14-2-7-18-20(12-14)28-11-10-27-18/h2-7,12-13H,8-11H2,1H3,(H,22,24). The van der Waals surface area contributed by atoms with Crippen molar-refractivity contribution >= 4 is 5.91 Å². The third-order valence-electron chi connectivity index (χ3n) is 4.29. The van der Waals surface area contributed by atoms with Gasteiger partial charge >= 0.3 is 0 Å². The number of amides is 1. The first-order chi connectivity index (χ1) is 14.2. The van der Waals surface area contributed by atoms with Crippen molar-refractivity contribution in [3.05, 3.63) is 54.2 Å². The molecule has 2 heterocycles. The second-order valence-corrected chi connectivity index (χ2v) is 6.21. The minimum atomic E-state index is -0.337. The van der Waals surface area contributed by atoms with Gasteiger partial charge in [0.25, 0.3) is 5.91 Å². The lowest BCUT2D eigenvalue weighted by Crippen LogP contribution is -2.28. The van der Waals surface area contributed by atoms with Gasteiger partial charge in [0.2, 0.25) is 0 Å². The van der Waals surface area contributed by atoms with Crippen molar-refractivity contribution in [2.24, 2.45) is 0 Å². The number of aromatic nitrogens is 1. The van der Waals surface area contributed by atoms with Crippen LogP contribution >= 0.6 is 0 Å². The summed E-state index contributed by atoms with van der Waals surface area (Å²) in [6.45, 7) is 1.68. The Morgan fingerprint density at radius 2 is 1.79 bits per heavy atom. The van der Waals surface area contributed by atoms with E-state index in [1.54, 1.807) is 31.4 Å². The smallest absolute Gasteiger partial charge is 0.273 e. The van der Waals surface area contributed by atoms with E-state index >= 15 is 0 Å². The summed E-state index contributed by atoms with van der Waals surface area (Å²) >= 11 is 0. The van der Waals surface area contributed by atoms with E-state index in [4.69, 9.17) is 23.5 Å². The van der Waals surface area contributed by atoms with Crippen molar-refractivity contribution in [2.45, 2.75) is 0 Å². The van der Waals surface area contributed by atoms with Crippen molar-refractivity contribution < 1.29 is 28.3 Å². The molecule has 1 aliphatic rings. The van der Waals surface area contributed by atoms with Crippen LogP contribution in [0.4, 0.5) is 0 Å². The van der Waals surface area contributed by atoms with Crippen molar-refractivity contribution in [1.82, 2.24) is 10.5 Å². The van der Waals surface area contributed by atoms with Gasteiger partial charge in [0.15, 0.2) is 23.0 Å². The number of ether oxygens (including phenoxy) is 4. The highest BCUT2D eigenvalue weighted by Crippen LogP contribution is 2.34. The summed E-state index contributed by atoms with van der Waals surface area (Å²) in [5.41, 5.74) is 0.947. The van der Waals surface area contributed by atoms with Crippen molar-refractivity contribution in [3.8, 4) is 34.3 Å². The molecule has 1 aliphatic heterocycles. The molecule has 150 valence electrons. The van der Waals surface area contributed by atoms with Crippen LogP contribution in [0.3, 0.4) is 0 Å². The molecule has 0 atom stereocenters. The molecule has 0 unspecified atom stereocenters. The number of nitrogens with one attached hydrogen (secondary N) is 1. The fourth-order valence-electron chi connectivity index (χ4n) is 2.81. The van der Waals surface area contributed by atoms with Gasteiger partial charge in [-0.3, -0.25) is 4.79 Å². The highest BCUT2D eigenvalue weighted by atomic mass is 16.6. The van der Waals surface area contributed by atoms with Crippen LogP contribution in [0.2, 0.25) is 0 Å². The first kappa shape index (κ1) is 18.7. The van der Waals surface area contributed by atoms with E-state index in [0.717, 1.165) is 11.3 Å². The first-order valence-corrected chi connectivity index (χ1v) is 9.15. The quantitative estimate of drug-likeness (QED) is 0.614. The molecule has 4 rings (SSSR count). The lowest BCUT2D eigenvalue weighted by atomic mass is 10.1. The Morgan fingerprint density at radius 1 is 1.03 bits per heavy atom. The zero-order valence-corrected chi connectivity index (χ0v) is 15.8. The maximum absolute atomic E-state index is 12.3. The van der Waals surface area contributed by atoms with Crippen molar-refractivity contribution in [1.29, 1.82) is 0 Å². The third kappa shape index (κ3) is 4.43. The molecule has 3 aromatic rings. The fraction of sp³-hybridized carbons (Fsp3) is 0.238. The molecule has 29 heavy (non-hydrogen) atoms. The van der Waals surface area contributed by atoms with E-state index in [-0.39, 0.29) is 11.6 Å². The molecule has 2 aromatic carbocycles. The van der Waals surface area contributed by atoms with Crippen LogP contribution in [0.15, 0.2) is 53.1 Å². The van der Waals surface area contributed by atoms with Gasteiger partial charge < -0.3 is 28.8 Å². The molecule has 8 nitrogen and oxygen atoms in total. The second-order valence-electron chi connectivity index (χ2n) is 6.21. The Morgan fingerprint density at radius 3 is 2.59 bits per heavy atom. The molecule has 0 saturated heterocycles. The molecule has 0 radical (unpaired) electrons. The molecular weight excluding hydrogens is 376 g/mol. The first-order valence-electron chi connectivity index (χ1n) is 9.15. The topological polar surface area (TPSA) is 92.1 Å². The van der Waals surface area contributed by atoms with Gasteiger partial charge in [-0.25, -0.2) is 0 Å². The van der Waals surface area contributed by atoms with Crippen LogP contribution < -0.4 is 24.3 Å². The van der Waals surface area contributed by atoms with Gasteiger partial charge in [-0.05, 0) is 42.5 Å². The molecule has 0 aliphatic carbocycles. The van der Waals surface area contributed by atoms with Crippen LogP contribution in [0.5, 0.6) is 23.0 Å². The van der Waals surface area contributed by atoms with Crippen LogP contribution in [0.1, 0.15) is 10.5 Å². The van der Waals surface area contributed by atoms with Crippen LogP contribution in [-0.2, 0) is 0 Å². The van der Waals surface area contributed by atoms with E-state index in [2.05, 4.69) is 10.5 Å². The van der Waals surface area contributed by atoms with Gasteiger partial charge in [0.05, 0.1) is 13.7 Å². The normalized spacial score (nSPS) is 12.3. The average Bonchev–Trinajstić information content (AvgIpc) is 3.27.